The van der Waals surface area contributed by atoms with E-state index in [1.807, 2.05) is 12.4 Å². The van der Waals surface area contributed by atoms with Crippen molar-refractivity contribution in [1.82, 2.24) is 15.3 Å². The van der Waals surface area contributed by atoms with E-state index in [0.717, 1.165) is 18.5 Å². The number of rotatable bonds is 5. The van der Waals surface area contributed by atoms with Crippen LogP contribution in [0, 0.1) is 13.8 Å². The van der Waals surface area contributed by atoms with Crippen LogP contribution in [-0.4, -0.2) is 16.5 Å². The van der Waals surface area contributed by atoms with Crippen molar-refractivity contribution in [3.63, 3.8) is 0 Å². The molecule has 0 saturated carbocycles. The molecule has 2 rings (SSSR count). The van der Waals surface area contributed by atoms with Crippen LogP contribution >= 0.6 is 0 Å². The molecule has 0 bridgehead atoms. The van der Waals surface area contributed by atoms with Gasteiger partial charge in [-0.1, -0.05) is 30.7 Å². The monoisotopic (exact) mass is 255 g/mol. The van der Waals surface area contributed by atoms with Crippen molar-refractivity contribution >= 4 is 0 Å². The lowest BCUT2D eigenvalue weighted by Gasteiger charge is -2.19. The summed E-state index contributed by atoms with van der Waals surface area (Å²) in [7, 11) is 0. The Kier molecular flexibility index (Phi) is 4.63. The van der Waals surface area contributed by atoms with Crippen LogP contribution in [0.5, 0.6) is 0 Å². The summed E-state index contributed by atoms with van der Waals surface area (Å²) in [5.41, 5.74) is 5.17. The van der Waals surface area contributed by atoms with E-state index in [9.17, 15) is 0 Å². The van der Waals surface area contributed by atoms with Gasteiger partial charge in [-0.2, -0.15) is 0 Å². The van der Waals surface area contributed by atoms with Crippen LogP contribution in [-0.2, 0) is 6.42 Å². The molecule has 1 N–H and O–H groups in total. The van der Waals surface area contributed by atoms with E-state index < -0.39 is 0 Å². The first-order valence-corrected chi connectivity index (χ1v) is 6.75. The highest BCUT2D eigenvalue weighted by Crippen LogP contribution is 2.20. The lowest BCUT2D eigenvalue weighted by atomic mass is 9.96. The van der Waals surface area contributed by atoms with Crippen LogP contribution in [0.2, 0.25) is 0 Å². The van der Waals surface area contributed by atoms with Gasteiger partial charge in [0.15, 0.2) is 0 Å². The van der Waals surface area contributed by atoms with Crippen LogP contribution in [0.15, 0.2) is 36.9 Å². The van der Waals surface area contributed by atoms with Crippen molar-refractivity contribution in [3.05, 3.63) is 59.2 Å². The summed E-state index contributed by atoms with van der Waals surface area (Å²) >= 11 is 0. The van der Waals surface area contributed by atoms with Gasteiger partial charge in [-0.15, -0.1) is 0 Å². The molecule has 1 aromatic heterocycles. The van der Waals surface area contributed by atoms with Crippen LogP contribution in [0.25, 0.3) is 0 Å². The molecule has 2 aromatic rings. The van der Waals surface area contributed by atoms with Gasteiger partial charge in [0.25, 0.3) is 0 Å². The third-order valence-electron chi connectivity index (χ3n) is 3.36. The smallest absolute Gasteiger partial charge is 0.115 e. The second-order valence-corrected chi connectivity index (χ2v) is 4.92. The minimum atomic E-state index is 0.270. The van der Waals surface area contributed by atoms with Gasteiger partial charge in [0.2, 0.25) is 0 Å². The Balaban J connectivity index is 2.24. The fraction of sp³-hybridized carbons (Fsp3) is 0.375. The summed E-state index contributed by atoms with van der Waals surface area (Å²) in [5.74, 6) is 0. The summed E-state index contributed by atoms with van der Waals surface area (Å²) in [6.07, 6.45) is 6.33. The second-order valence-electron chi connectivity index (χ2n) is 4.92. The van der Waals surface area contributed by atoms with Gasteiger partial charge in [0, 0.05) is 24.0 Å². The quantitative estimate of drug-likeness (QED) is 0.892. The van der Waals surface area contributed by atoms with E-state index in [4.69, 9.17) is 0 Å². The van der Waals surface area contributed by atoms with Crippen molar-refractivity contribution < 1.29 is 0 Å². The molecule has 1 aromatic carbocycles. The Morgan fingerprint density at radius 2 is 1.89 bits per heavy atom. The third kappa shape index (κ3) is 3.61. The molecule has 3 heteroatoms. The van der Waals surface area contributed by atoms with E-state index in [1.165, 1.54) is 16.7 Å². The zero-order chi connectivity index (χ0) is 13.7. The summed E-state index contributed by atoms with van der Waals surface area (Å²) in [5, 5.41) is 3.51. The fourth-order valence-corrected chi connectivity index (χ4v) is 2.28. The Labute approximate surface area is 115 Å². The van der Waals surface area contributed by atoms with Gasteiger partial charge in [-0.05, 0) is 37.9 Å². The van der Waals surface area contributed by atoms with Crippen LogP contribution < -0.4 is 5.32 Å². The number of hydrogen-bond acceptors (Lipinski definition) is 3. The normalized spacial score (nSPS) is 12.4. The van der Waals surface area contributed by atoms with E-state index >= 15 is 0 Å². The molecule has 0 fully saturated rings. The molecule has 0 amide bonds. The average Bonchev–Trinajstić information content (AvgIpc) is 2.43. The highest BCUT2D eigenvalue weighted by atomic mass is 14.9. The SMILES string of the molecule is CCNC(Cc1cc(C)ccc1C)c1cncnc1. The van der Waals surface area contributed by atoms with Gasteiger partial charge in [-0.25, -0.2) is 9.97 Å². The number of likely N-dealkylation sites (N-methyl/N-ethyl adjacent to an activating group) is 1. The molecule has 19 heavy (non-hydrogen) atoms. The molecule has 0 radical (unpaired) electrons. The summed E-state index contributed by atoms with van der Waals surface area (Å²) in [4.78, 5) is 8.24. The number of nitrogens with zero attached hydrogens (tertiary/aromatic N) is 2. The van der Waals surface area contributed by atoms with Crippen molar-refractivity contribution in [2.45, 2.75) is 33.2 Å². The molecule has 0 spiro atoms. The highest BCUT2D eigenvalue weighted by Gasteiger charge is 2.13. The Hall–Kier alpha value is -1.74. The molecule has 0 aliphatic heterocycles. The number of aryl methyl sites for hydroxylation is 2. The number of nitrogens with one attached hydrogen (secondary N) is 1. The van der Waals surface area contributed by atoms with Crippen molar-refractivity contribution in [2.24, 2.45) is 0 Å². The number of hydrogen-bond donors (Lipinski definition) is 1. The maximum atomic E-state index is 4.12. The zero-order valence-electron chi connectivity index (χ0n) is 11.9. The number of aromatic nitrogens is 2. The lowest BCUT2D eigenvalue weighted by Crippen LogP contribution is -2.23. The van der Waals surface area contributed by atoms with Crippen LogP contribution in [0.4, 0.5) is 0 Å². The van der Waals surface area contributed by atoms with E-state index in [-0.39, 0.29) is 6.04 Å². The minimum absolute atomic E-state index is 0.270. The number of benzene rings is 1. The Morgan fingerprint density at radius 1 is 1.16 bits per heavy atom. The molecule has 0 aliphatic rings. The van der Waals surface area contributed by atoms with E-state index in [1.54, 1.807) is 6.33 Å². The molecule has 3 nitrogen and oxygen atoms in total. The summed E-state index contributed by atoms with van der Waals surface area (Å²) < 4.78 is 0. The van der Waals surface area contributed by atoms with E-state index in [0.29, 0.717) is 0 Å². The first-order valence-electron chi connectivity index (χ1n) is 6.75. The maximum absolute atomic E-state index is 4.12. The highest BCUT2D eigenvalue weighted by molar-refractivity contribution is 5.32. The first-order chi connectivity index (χ1) is 9.20. The third-order valence-corrected chi connectivity index (χ3v) is 3.36. The topological polar surface area (TPSA) is 37.8 Å². The largest absolute Gasteiger partial charge is 0.310 e. The van der Waals surface area contributed by atoms with Gasteiger partial charge in [0.05, 0.1) is 0 Å². The Morgan fingerprint density at radius 3 is 2.58 bits per heavy atom. The molecule has 100 valence electrons. The average molecular weight is 255 g/mol. The standard InChI is InChI=1S/C16H21N3/c1-4-19-16(15-9-17-11-18-10-15)8-14-7-12(2)5-6-13(14)3/h5-7,9-11,16,19H,4,8H2,1-3H3. The van der Waals surface area contributed by atoms with Crippen LogP contribution in [0.1, 0.15) is 35.2 Å². The lowest BCUT2D eigenvalue weighted by molar-refractivity contribution is 0.545. The van der Waals surface area contributed by atoms with Gasteiger partial charge < -0.3 is 5.32 Å². The molecule has 1 unspecified atom stereocenters. The Bertz CT molecular complexity index is 523. The molecule has 0 aliphatic carbocycles. The second kappa shape index (κ2) is 6.43. The maximum Gasteiger partial charge on any atom is 0.115 e. The molecule has 0 saturated heterocycles. The van der Waals surface area contributed by atoms with Gasteiger partial charge in [0.1, 0.15) is 6.33 Å². The molecule has 1 atom stereocenters. The van der Waals surface area contributed by atoms with Crippen molar-refractivity contribution in [1.29, 1.82) is 0 Å². The molecular weight excluding hydrogens is 234 g/mol. The minimum Gasteiger partial charge on any atom is -0.310 e. The zero-order valence-corrected chi connectivity index (χ0v) is 11.9. The molecular formula is C16H21N3. The van der Waals surface area contributed by atoms with Crippen LogP contribution in [0.3, 0.4) is 0 Å². The van der Waals surface area contributed by atoms with Gasteiger partial charge in [-0.3, -0.25) is 0 Å². The predicted molar refractivity (Wildman–Crippen MR) is 78.1 cm³/mol. The van der Waals surface area contributed by atoms with Crippen molar-refractivity contribution in [3.8, 4) is 0 Å². The fourth-order valence-electron chi connectivity index (χ4n) is 2.28. The van der Waals surface area contributed by atoms with Gasteiger partial charge >= 0.3 is 0 Å². The molecule has 1 heterocycles. The predicted octanol–water partition coefficient (Wildman–Crippen LogP) is 2.99. The summed E-state index contributed by atoms with van der Waals surface area (Å²) in [6, 6.07) is 6.89. The first kappa shape index (κ1) is 13.7. The summed E-state index contributed by atoms with van der Waals surface area (Å²) in [6.45, 7) is 7.36. The van der Waals surface area contributed by atoms with Crippen molar-refractivity contribution in [2.75, 3.05) is 6.54 Å². The van der Waals surface area contributed by atoms with E-state index in [2.05, 4.69) is 54.3 Å².